The van der Waals surface area contributed by atoms with E-state index in [4.69, 9.17) is 9.47 Å². The van der Waals surface area contributed by atoms with Gasteiger partial charge in [-0.25, -0.2) is 9.59 Å². The zero-order valence-corrected chi connectivity index (χ0v) is 16.8. The molecule has 1 aliphatic rings. The largest absolute Gasteiger partial charge is 0.480 e. The number of benzene rings is 2. The number of hydrogen-bond donors (Lipinski definition) is 3. The lowest BCUT2D eigenvalue weighted by Gasteiger charge is -2.36. The third-order valence-electron chi connectivity index (χ3n) is 4.53. The van der Waals surface area contributed by atoms with Crippen LogP contribution in [0.15, 0.2) is 54.6 Å². The van der Waals surface area contributed by atoms with Crippen LogP contribution >= 0.6 is 0 Å². The summed E-state index contributed by atoms with van der Waals surface area (Å²) >= 11 is 0. The van der Waals surface area contributed by atoms with E-state index < -0.39 is 29.4 Å². The molecule has 1 amide bonds. The Labute approximate surface area is 170 Å². The van der Waals surface area contributed by atoms with Crippen molar-refractivity contribution in [3.8, 4) is 0 Å². The smallest absolute Gasteiger partial charge is 0.408 e. The van der Waals surface area contributed by atoms with Crippen LogP contribution in [0.3, 0.4) is 0 Å². The number of amides is 1. The molecule has 7 nitrogen and oxygen atoms in total. The minimum Gasteiger partial charge on any atom is -0.480 e. The van der Waals surface area contributed by atoms with E-state index in [2.05, 4.69) is 10.6 Å². The molecule has 0 saturated heterocycles. The Morgan fingerprint density at radius 3 is 2.41 bits per heavy atom. The Balaban J connectivity index is 1.88. The number of aliphatic carboxylic acids is 1. The predicted octanol–water partition coefficient (Wildman–Crippen LogP) is 3.55. The standard InChI is InChI=1S/C22H26N2O5/c1-21(2,3)29-20(27)23-18(19(25)26)22(28-14-15-9-5-4-6-10-15)13-16-11-7-8-12-17(16)24-22/h4-12,18,24H,13-14H2,1-3H3,(H,23,27)(H,25,26)/t18-,22?/m1/s1. The number of nitrogens with one attached hydrogen (secondary N) is 2. The van der Waals surface area contributed by atoms with Gasteiger partial charge in [0, 0.05) is 12.1 Å². The number of fused-ring (bicyclic) bond motifs is 1. The monoisotopic (exact) mass is 398 g/mol. The molecule has 2 aromatic rings. The van der Waals surface area contributed by atoms with Crippen LogP contribution in [0.2, 0.25) is 0 Å². The lowest BCUT2D eigenvalue weighted by Crippen LogP contribution is -2.62. The number of ether oxygens (including phenoxy) is 2. The highest BCUT2D eigenvalue weighted by atomic mass is 16.6. The molecule has 29 heavy (non-hydrogen) atoms. The second-order valence-corrected chi connectivity index (χ2v) is 8.04. The summed E-state index contributed by atoms with van der Waals surface area (Å²) in [6, 6.07) is 15.6. The van der Waals surface area contributed by atoms with Gasteiger partial charge in [-0.2, -0.15) is 0 Å². The fourth-order valence-corrected chi connectivity index (χ4v) is 3.29. The summed E-state index contributed by atoms with van der Waals surface area (Å²) in [6.07, 6.45) is -0.534. The van der Waals surface area contributed by atoms with Crippen molar-refractivity contribution in [3.63, 3.8) is 0 Å². The second-order valence-electron chi connectivity index (χ2n) is 8.04. The summed E-state index contributed by atoms with van der Waals surface area (Å²) in [5, 5.41) is 15.6. The van der Waals surface area contributed by atoms with E-state index in [1.165, 1.54) is 0 Å². The molecule has 1 heterocycles. The van der Waals surface area contributed by atoms with Gasteiger partial charge in [0.1, 0.15) is 5.60 Å². The van der Waals surface area contributed by atoms with Gasteiger partial charge < -0.3 is 25.2 Å². The predicted molar refractivity (Wildman–Crippen MR) is 109 cm³/mol. The Morgan fingerprint density at radius 2 is 1.79 bits per heavy atom. The lowest BCUT2D eigenvalue weighted by atomic mass is 9.98. The van der Waals surface area contributed by atoms with E-state index in [1.807, 2.05) is 54.6 Å². The highest BCUT2D eigenvalue weighted by Crippen LogP contribution is 2.36. The molecule has 7 heteroatoms. The average molecular weight is 398 g/mol. The fourth-order valence-electron chi connectivity index (χ4n) is 3.29. The zero-order chi connectivity index (χ0) is 21.1. The second kappa shape index (κ2) is 8.13. The first-order valence-electron chi connectivity index (χ1n) is 9.45. The molecule has 0 bridgehead atoms. The van der Waals surface area contributed by atoms with Crippen molar-refractivity contribution < 1.29 is 24.2 Å². The Bertz CT molecular complexity index is 851. The molecule has 154 valence electrons. The van der Waals surface area contributed by atoms with Crippen molar-refractivity contribution in [1.29, 1.82) is 0 Å². The minimum absolute atomic E-state index is 0.182. The quantitative estimate of drug-likeness (QED) is 0.689. The Kier molecular flexibility index (Phi) is 5.79. The maximum absolute atomic E-state index is 12.3. The number of para-hydroxylation sites is 1. The summed E-state index contributed by atoms with van der Waals surface area (Å²) in [6.45, 7) is 5.33. The highest BCUT2D eigenvalue weighted by molar-refractivity contribution is 5.83. The number of alkyl carbamates (subject to hydrolysis) is 1. The number of anilines is 1. The van der Waals surface area contributed by atoms with E-state index in [0.717, 1.165) is 16.8 Å². The molecule has 0 aliphatic carbocycles. The van der Waals surface area contributed by atoms with Crippen molar-refractivity contribution >= 4 is 17.7 Å². The first kappa shape index (κ1) is 20.7. The van der Waals surface area contributed by atoms with Crippen LogP contribution in [-0.2, 0) is 27.3 Å². The summed E-state index contributed by atoms with van der Waals surface area (Å²) in [7, 11) is 0. The van der Waals surface area contributed by atoms with Crippen LogP contribution in [0.4, 0.5) is 10.5 Å². The van der Waals surface area contributed by atoms with Crippen LogP contribution < -0.4 is 10.6 Å². The third-order valence-corrected chi connectivity index (χ3v) is 4.53. The SMILES string of the molecule is CC(C)(C)OC(=O)N[C@H](C(=O)O)C1(OCc2ccccc2)Cc2ccccc2N1. The molecular formula is C22H26N2O5. The Hall–Kier alpha value is -3.06. The van der Waals surface area contributed by atoms with Crippen LogP contribution in [0.1, 0.15) is 31.9 Å². The zero-order valence-electron chi connectivity index (χ0n) is 16.8. The van der Waals surface area contributed by atoms with Gasteiger partial charge in [-0.05, 0) is 38.0 Å². The van der Waals surface area contributed by atoms with Crippen molar-refractivity contribution in [2.24, 2.45) is 0 Å². The van der Waals surface area contributed by atoms with Gasteiger partial charge in [0.05, 0.1) is 6.61 Å². The number of carboxylic acid groups (broad SMARTS) is 1. The highest BCUT2D eigenvalue weighted by Gasteiger charge is 2.50. The maximum atomic E-state index is 12.3. The van der Waals surface area contributed by atoms with E-state index in [1.54, 1.807) is 20.8 Å². The van der Waals surface area contributed by atoms with Crippen LogP contribution in [-0.4, -0.2) is 34.5 Å². The molecule has 0 fully saturated rings. The number of hydrogen-bond acceptors (Lipinski definition) is 5. The van der Waals surface area contributed by atoms with Gasteiger partial charge in [-0.3, -0.25) is 0 Å². The summed E-state index contributed by atoms with van der Waals surface area (Å²) in [5.74, 6) is -1.22. The fraction of sp³-hybridized carbons (Fsp3) is 0.364. The lowest BCUT2D eigenvalue weighted by molar-refractivity contribution is -0.150. The van der Waals surface area contributed by atoms with Crippen molar-refractivity contribution in [3.05, 3.63) is 65.7 Å². The Morgan fingerprint density at radius 1 is 1.14 bits per heavy atom. The van der Waals surface area contributed by atoms with Gasteiger partial charge in [0.2, 0.25) is 0 Å². The molecule has 2 atom stereocenters. The molecule has 0 radical (unpaired) electrons. The summed E-state index contributed by atoms with van der Waals surface area (Å²) in [4.78, 5) is 24.5. The molecule has 3 rings (SSSR count). The normalized spacial score (nSPS) is 19.0. The summed E-state index contributed by atoms with van der Waals surface area (Å²) < 4.78 is 11.4. The van der Waals surface area contributed by atoms with Crippen molar-refractivity contribution in [1.82, 2.24) is 5.32 Å². The number of carbonyl (C=O) groups excluding carboxylic acids is 1. The summed E-state index contributed by atoms with van der Waals surface area (Å²) in [5.41, 5.74) is 0.473. The topological polar surface area (TPSA) is 96.9 Å². The molecule has 0 saturated carbocycles. The molecule has 1 aliphatic heterocycles. The third kappa shape index (κ3) is 5.06. The molecular weight excluding hydrogens is 372 g/mol. The molecule has 0 spiro atoms. The van der Waals surface area contributed by atoms with Crippen molar-refractivity contribution in [2.45, 2.75) is 51.2 Å². The number of carbonyl (C=O) groups is 2. The van der Waals surface area contributed by atoms with Crippen molar-refractivity contribution in [2.75, 3.05) is 5.32 Å². The molecule has 1 unspecified atom stereocenters. The van der Waals surface area contributed by atoms with Crippen LogP contribution in [0, 0.1) is 0 Å². The molecule has 0 aromatic heterocycles. The van der Waals surface area contributed by atoms with Crippen LogP contribution in [0.5, 0.6) is 0 Å². The van der Waals surface area contributed by atoms with E-state index in [0.29, 0.717) is 0 Å². The maximum Gasteiger partial charge on any atom is 0.408 e. The van der Waals surface area contributed by atoms with Gasteiger partial charge in [-0.15, -0.1) is 0 Å². The van der Waals surface area contributed by atoms with E-state index in [-0.39, 0.29) is 13.0 Å². The first-order valence-corrected chi connectivity index (χ1v) is 9.45. The average Bonchev–Trinajstić information content (AvgIpc) is 3.03. The van der Waals surface area contributed by atoms with Gasteiger partial charge in [-0.1, -0.05) is 48.5 Å². The molecule has 2 aromatic carbocycles. The number of rotatable bonds is 6. The van der Waals surface area contributed by atoms with Gasteiger partial charge in [0.15, 0.2) is 11.8 Å². The van der Waals surface area contributed by atoms with Crippen LogP contribution in [0.25, 0.3) is 0 Å². The van der Waals surface area contributed by atoms with E-state index in [9.17, 15) is 14.7 Å². The minimum atomic E-state index is -1.37. The van der Waals surface area contributed by atoms with Gasteiger partial charge >= 0.3 is 12.1 Å². The van der Waals surface area contributed by atoms with Gasteiger partial charge in [0.25, 0.3) is 0 Å². The van der Waals surface area contributed by atoms with E-state index >= 15 is 0 Å². The molecule has 3 N–H and O–H groups in total. The first-order chi connectivity index (χ1) is 13.7. The number of carboxylic acids is 1.